The molecule has 0 aromatic carbocycles. The van der Waals surface area contributed by atoms with Crippen LogP contribution in [0.15, 0.2) is 12.2 Å². The number of hydrogen-bond donors (Lipinski definition) is 0. The second-order valence-electron chi connectivity index (χ2n) is 14.9. The molecule has 0 N–H and O–H groups in total. The summed E-state index contributed by atoms with van der Waals surface area (Å²) in [7, 11) is 5.40. The van der Waals surface area contributed by atoms with Gasteiger partial charge in [0.05, 0.1) is 40.3 Å². The average molecular weight is 696 g/mol. The lowest BCUT2D eigenvalue weighted by Crippen LogP contribution is -2.55. The fourth-order valence-corrected chi connectivity index (χ4v) is 5.95. The molecule has 0 aliphatic carbocycles. The van der Waals surface area contributed by atoms with Crippen LogP contribution >= 0.6 is 0 Å². The lowest BCUT2D eigenvalue weighted by molar-refractivity contribution is -0.889. The Morgan fingerprint density at radius 3 is 1.49 bits per heavy atom. The van der Waals surface area contributed by atoms with Gasteiger partial charge in [-0.15, -0.1) is 0 Å². The second kappa shape index (κ2) is 33.2. The van der Waals surface area contributed by atoms with Crippen LogP contribution < -0.4 is 5.11 Å². The maximum Gasteiger partial charge on any atom is 0.306 e. The number of hydrogen-bond acceptors (Lipinski definition) is 7. The van der Waals surface area contributed by atoms with Crippen molar-refractivity contribution in [3.8, 4) is 0 Å². The van der Waals surface area contributed by atoms with E-state index in [0.717, 1.165) is 51.4 Å². The molecule has 0 aromatic heterocycles. The number of carboxylic acid groups (broad SMARTS) is 1. The number of carbonyl (C=O) groups is 3. The summed E-state index contributed by atoms with van der Waals surface area (Å²) in [5.74, 6) is -1.75. The molecule has 0 aromatic rings. The van der Waals surface area contributed by atoms with Gasteiger partial charge in [-0.2, -0.15) is 0 Å². The van der Waals surface area contributed by atoms with Crippen molar-refractivity contribution < 1.29 is 38.2 Å². The highest BCUT2D eigenvalue weighted by Gasteiger charge is 2.25. The summed E-state index contributed by atoms with van der Waals surface area (Å²) in [4.78, 5) is 36.7. The van der Waals surface area contributed by atoms with E-state index in [-0.39, 0.29) is 42.7 Å². The third-order valence-corrected chi connectivity index (χ3v) is 9.15. The molecule has 0 radical (unpaired) electrons. The van der Waals surface area contributed by atoms with Crippen LogP contribution in [0.1, 0.15) is 181 Å². The van der Waals surface area contributed by atoms with Gasteiger partial charge in [-0.3, -0.25) is 9.59 Å². The number of rotatable bonds is 36. The van der Waals surface area contributed by atoms with Gasteiger partial charge in [-0.1, -0.05) is 135 Å². The van der Waals surface area contributed by atoms with E-state index >= 15 is 0 Å². The molecule has 0 amide bonds. The first kappa shape index (κ1) is 47.1. The van der Waals surface area contributed by atoms with Gasteiger partial charge in [0, 0.05) is 19.3 Å². The van der Waals surface area contributed by atoms with Crippen molar-refractivity contribution in [2.24, 2.45) is 0 Å². The molecule has 0 saturated carbocycles. The zero-order valence-electron chi connectivity index (χ0n) is 32.6. The van der Waals surface area contributed by atoms with Crippen LogP contribution in [0.4, 0.5) is 0 Å². The van der Waals surface area contributed by atoms with Crippen molar-refractivity contribution in [2.75, 3.05) is 41.0 Å². The highest BCUT2D eigenvalue weighted by atomic mass is 16.6. The molecule has 288 valence electrons. The van der Waals surface area contributed by atoms with Crippen molar-refractivity contribution in [2.45, 2.75) is 193 Å². The summed E-state index contributed by atoms with van der Waals surface area (Å²) in [6.45, 7) is 4.64. The molecule has 8 nitrogen and oxygen atoms in total. The highest BCUT2D eigenvalue weighted by Crippen LogP contribution is 2.14. The number of ether oxygens (including phenoxy) is 3. The zero-order chi connectivity index (χ0) is 36.4. The number of unbranched alkanes of at least 4 members (excludes halogenated alkanes) is 20. The van der Waals surface area contributed by atoms with Crippen LogP contribution in [-0.2, 0) is 28.6 Å². The van der Waals surface area contributed by atoms with E-state index in [9.17, 15) is 19.5 Å². The van der Waals surface area contributed by atoms with Gasteiger partial charge in [-0.25, -0.2) is 0 Å². The van der Waals surface area contributed by atoms with Crippen molar-refractivity contribution in [1.29, 1.82) is 0 Å². The standard InChI is InChI=1S/C41H77NO7/c1-6-8-10-12-14-16-18-19-20-22-23-25-27-29-31-39(43)48-36-37(35-47-34-33-38(41(45)46)42(3,4)5)49-40(44)32-30-28-26-24-21-17-15-13-11-9-7-2/h20,22,37-38H,6-19,21,23-36H2,1-5H3/b22-20+. The Morgan fingerprint density at radius 1 is 0.592 bits per heavy atom. The summed E-state index contributed by atoms with van der Waals surface area (Å²) in [5.41, 5.74) is 0. The molecule has 0 bridgehead atoms. The topological polar surface area (TPSA) is 102 Å². The van der Waals surface area contributed by atoms with Crippen molar-refractivity contribution in [3.05, 3.63) is 12.2 Å². The molecule has 0 aliphatic rings. The number of nitrogens with zero attached hydrogens (tertiary/aromatic N) is 1. The number of likely N-dealkylation sites (N-methyl/N-ethyl adjacent to an activating group) is 1. The summed E-state index contributed by atoms with van der Waals surface area (Å²) in [6, 6.07) is -0.722. The molecular formula is C41H77NO7. The smallest absolute Gasteiger partial charge is 0.306 e. The minimum absolute atomic E-state index is 0.0410. The highest BCUT2D eigenvalue weighted by molar-refractivity contribution is 5.70. The minimum Gasteiger partial charge on any atom is -0.544 e. The largest absolute Gasteiger partial charge is 0.544 e. The third-order valence-electron chi connectivity index (χ3n) is 9.15. The molecule has 0 heterocycles. The fourth-order valence-electron chi connectivity index (χ4n) is 5.95. The van der Waals surface area contributed by atoms with E-state index < -0.39 is 18.1 Å². The van der Waals surface area contributed by atoms with E-state index in [0.29, 0.717) is 12.8 Å². The van der Waals surface area contributed by atoms with Crippen LogP contribution in [0.5, 0.6) is 0 Å². The number of carboxylic acids is 1. The van der Waals surface area contributed by atoms with E-state index in [1.807, 2.05) is 0 Å². The van der Waals surface area contributed by atoms with Gasteiger partial charge in [0.1, 0.15) is 12.6 Å². The first-order valence-electron chi connectivity index (χ1n) is 20.2. The molecule has 49 heavy (non-hydrogen) atoms. The van der Waals surface area contributed by atoms with E-state index in [4.69, 9.17) is 14.2 Å². The number of esters is 2. The van der Waals surface area contributed by atoms with E-state index in [2.05, 4.69) is 26.0 Å². The van der Waals surface area contributed by atoms with Crippen LogP contribution in [0.2, 0.25) is 0 Å². The Balaban J connectivity index is 4.39. The molecule has 0 spiro atoms. The summed E-state index contributed by atoms with van der Waals surface area (Å²) >= 11 is 0. The average Bonchev–Trinajstić information content (AvgIpc) is 3.05. The minimum atomic E-state index is -1.13. The van der Waals surface area contributed by atoms with E-state index in [1.54, 1.807) is 21.1 Å². The van der Waals surface area contributed by atoms with Crippen LogP contribution in [0.25, 0.3) is 0 Å². The lowest BCUT2D eigenvalue weighted by Gasteiger charge is -2.34. The monoisotopic (exact) mass is 696 g/mol. The Hall–Kier alpha value is -1.93. The number of quaternary nitrogens is 1. The summed E-state index contributed by atoms with van der Waals surface area (Å²) < 4.78 is 17.1. The number of aliphatic carboxylic acids is 1. The Bertz CT molecular complexity index is 823. The van der Waals surface area contributed by atoms with Gasteiger partial charge >= 0.3 is 11.9 Å². The van der Waals surface area contributed by atoms with Crippen molar-refractivity contribution >= 4 is 17.9 Å². The second-order valence-corrected chi connectivity index (χ2v) is 14.9. The molecular weight excluding hydrogens is 618 g/mol. The molecule has 0 saturated heterocycles. The summed E-state index contributed by atoms with van der Waals surface area (Å²) in [6.07, 6.45) is 32.3. The fraction of sp³-hybridized carbons (Fsp3) is 0.878. The third kappa shape index (κ3) is 31.8. The summed E-state index contributed by atoms with van der Waals surface area (Å²) in [5, 5.41) is 11.6. The molecule has 8 heteroatoms. The number of carbonyl (C=O) groups excluding carboxylic acids is 3. The van der Waals surface area contributed by atoms with Crippen LogP contribution in [0, 0.1) is 0 Å². The zero-order valence-corrected chi connectivity index (χ0v) is 32.6. The van der Waals surface area contributed by atoms with Gasteiger partial charge in [0.15, 0.2) is 6.10 Å². The maximum absolute atomic E-state index is 12.6. The molecule has 2 unspecified atom stereocenters. The van der Waals surface area contributed by atoms with Gasteiger partial charge in [0.2, 0.25) is 0 Å². The predicted octanol–water partition coefficient (Wildman–Crippen LogP) is 9.02. The van der Waals surface area contributed by atoms with Crippen LogP contribution in [-0.4, -0.2) is 75.5 Å². The molecule has 0 fully saturated rings. The Labute approximate surface area is 301 Å². The first-order valence-corrected chi connectivity index (χ1v) is 20.2. The van der Waals surface area contributed by atoms with Gasteiger partial charge in [-0.05, 0) is 38.5 Å². The Kier molecular flexibility index (Phi) is 31.9. The normalized spacial score (nSPS) is 13.1. The predicted molar refractivity (Wildman–Crippen MR) is 199 cm³/mol. The van der Waals surface area contributed by atoms with Crippen molar-refractivity contribution in [3.63, 3.8) is 0 Å². The lowest BCUT2D eigenvalue weighted by atomic mass is 10.1. The maximum atomic E-state index is 12.6. The van der Waals surface area contributed by atoms with Crippen molar-refractivity contribution in [1.82, 2.24) is 0 Å². The quantitative estimate of drug-likeness (QED) is 0.0279. The van der Waals surface area contributed by atoms with Gasteiger partial charge < -0.3 is 28.6 Å². The molecule has 0 aliphatic heterocycles. The Morgan fingerprint density at radius 2 is 1.02 bits per heavy atom. The van der Waals surface area contributed by atoms with Crippen LogP contribution in [0.3, 0.4) is 0 Å². The molecule has 2 atom stereocenters. The van der Waals surface area contributed by atoms with Gasteiger partial charge in [0.25, 0.3) is 0 Å². The molecule has 0 rings (SSSR count). The number of allylic oxidation sites excluding steroid dienone is 2. The first-order chi connectivity index (χ1) is 23.6. The SMILES string of the molecule is CCCCCCCCC/C=C/CCCCCC(=O)OCC(COCCC(C(=O)[O-])[N+](C)(C)C)OC(=O)CCCCCCCCCCCCC. The van der Waals surface area contributed by atoms with E-state index in [1.165, 1.54) is 96.3 Å².